The molecule has 158 valence electrons. The van der Waals surface area contributed by atoms with Crippen molar-refractivity contribution in [3.63, 3.8) is 0 Å². The highest BCUT2D eigenvalue weighted by Gasteiger charge is 2.18. The van der Waals surface area contributed by atoms with Gasteiger partial charge in [-0.25, -0.2) is 10.4 Å². The Balaban J connectivity index is 1.75. The fraction of sp³-hybridized carbons (Fsp3) is 0.190. The van der Waals surface area contributed by atoms with Gasteiger partial charge in [0.05, 0.1) is 28.5 Å². The van der Waals surface area contributed by atoms with Crippen LogP contribution in [0.15, 0.2) is 52.5 Å². The molecule has 0 spiro atoms. The fourth-order valence-electron chi connectivity index (χ4n) is 2.98. The molecular formula is C21H19N5O5. The van der Waals surface area contributed by atoms with Gasteiger partial charge in [0.2, 0.25) is 11.3 Å². The topological polar surface area (TPSA) is 137 Å². The van der Waals surface area contributed by atoms with Crippen LogP contribution in [-0.2, 0) is 11.3 Å². The Morgan fingerprint density at radius 2 is 2.06 bits per heavy atom. The smallest absolute Gasteiger partial charge is 0.270 e. The molecule has 10 heteroatoms. The van der Waals surface area contributed by atoms with Crippen molar-refractivity contribution in [3.8, 4) is 0 Å². The second-order valence-electron chi connectivity index (χ2n) is 6.73. The zero-order valence-corrected chi connectivity index (χ0v) is 16.9. The molecule has 2 heterocycles. The van der Waals surface area contributed by atoms with Gasteiger partial charge < -0.3 is 4.57 Å². The molecule has 10 nitrogen and oxygen atoms in total. The average molecular weight is 421 g/mol. The molecule has 0 aliphatic rings. The van der Waals surface area contributed by atoms with Crippen LogP contribution in [0.5, 0.6) is 0 Å². The van der Waals surface area contributed by atoms with E-state index in [1.807, 2.05) is 13.8 Å². The Morgan fingerprint density at radius 3 is 2.77 bits per heavy atom. The summed E-state index contributed by atoms with van der Waals surface area (Å²) in [6.07, 6.45) is 2.07. The van der Waals surface area contributed by atoms with Gasteiger partial charge in [0.15, 0.2) is 5.78 Å². The third-order valence-corrected chi connectivity index (χ3v) is 4.51. The minimum absolute atomic E-state index is 0.0992. The van der Waals surface area contributed by atoms with E-state index in [0.717, 1.165) is 5.69 Å². The second kappa shape index (κ2) is 9.08. The Morgan fingerprint density at radius 1 is 1.29 bits per heavy atom. The van der Waals surface area contributed by atoms with Gasteiger partial charge in [-0.3, -0.25) is 24.5 Å². The zero-order valence-electron chi connectivity index (χ0n) is 16.9. The number of hydrogen-bond acceptors (Lipinski definition) is 7. The summed E-state index contributed by atoms with van der Waals surface area (Å²) in [5, 5.41) is 14.8. The lowest BCUT2D eigenvalue weighted by atomic mass is 10.1. The van der Waals surface area contributed by atoms with Gasteiger partial charge >= 0.3 is 0 Å². The first-order valence-corrected chi connectivity index (χ1v) is 9.40. The van der Waals surface area contributed by atoms with Crippen LogP contribution >= 0.6 is 0 Å². The van der Waals surface area contributed by atoms with E-state index in [2.05, 4.69) is 15.5 Å². The molecule has 1 amide bonds. The summed E-state index contributed by atoms with van der Waals surface area (Å²) in [7, 11) is 0. The number of nitrogens with one attached hydrogen (secondary N) is 1. The molecule has 0 atom stereocenters. The van der Waals surface area contributed by atoms with Crippen molar-refractivity contribution in [1.29, 1.82) is 0 Å². The highest BCUT2D eigenvalue weighted by atomic mass is 16.6. The zero-order chi connectivity index (χ0) is 22.5. The van der Waals surface area contributed by atoms with E-state index in [-0.39, 0.29) is 11.3 Å². The van der Waals surface area contributed by atoms with E-state index >= 15 is 0 Å². The van der Waals surface area contributed by atoms with Crippen LogP contribution in [0, 0.1) is 17.0 Å². The number of ketones is 1. The SMILES string of the molecule is CCn1cc(C(=O)CC(=O)N/N=C/c2cccc([N+](=O)[O-])c2)c(=O)c2ccc(C)nc21. The molecule has 0 saturated heterocycles. The van der Waals surface area contributed by atoms with Crippen molar-refractivity contribution < 1.29 is 14.5 Å². The van der Waals surface area contributed by atoms with E-state index in [9.17, 15) is 24.5 Å². The first-order valence-electron chi connectivity index (χ1n) is 9.40. The quantitative estimate of drug-likeness (QED) is 0.204. The highest BCUT2D eigenvalue weighted by molar-refractivity contribution is 6.08. The summed E-state index contributed by atoms with van der Waals surface area (Å²) in [6.45, 7) is 4.16. The Bertz CT molecular complexity index is 1280. The monoisotopic (exact) mass is 421 g/mol. The van der Waals surface area contributed by atoms with Crippen molar-refractivity contribution in [2.24, 2.45) is 5.10 Å². The Hall–Kier alpha value is -4.21. The number of Topliss-reactive ketones (excluding diaryl/α,β-unsaturated/α-hetero) is 1. The van der Waals surface area contributed by atoms with Crippen LogP contribution in [0.4, 0.5) is 5.69 Å². The van der Waals surface area contributed by atoms with Gasteiger partial charge in [0, 0.05) is 36.1 Å². The maximum Gasteiger partial charge on any atom is 0.270 e. The second-order valence-corrected chi connectivity index (χ2v) is 6.73. The molecule has 0 bridgehead atoms. The third-order valence-electron chi connectivity index (χ3n) is 4.51. The number of nitrogens with zero attached hydrogens (tertiary/aromatic N) is 4. The lowest BCUT2D eigenvalue weighted by Gasteiger charge is -2.10. The van der Waals surface area contributed by atoms with Crippen molar-refractivity contribution in [1.82, 2.24) is 15.0 Å². The number of amides is 1. The van der Waals surface area contributed by atoms with Crippen molar-refractivity contribution >= 4 is 34.6 Å². The number of hydrogen-bond donors (Lipinski definition) is 1. The molecule has 0 unspecified atom stereocenters. The maximum atomic E-state index is 12.7. The molecule has 0 radical (unpaired) electrons. The molecule has 1 N–H and O–H groups in total. The normalized spacial score (nSPS) is 11.0. The van der Waals surface area contributed by atoms with Gasteiger partial charge in [-0.05, 0) is 26.0 Å². The van der Waals surface area contributed by atoms with Gasteiger partial charge in [-0.1, -0.05) is 12.1 Å². The molecule has 3 aromatic rings. The van der Waals surface area contributed by atoms with Crippen LogP contribution in [0.2, 0.25) is 0 Å². The van der Waals surface area contributed by atoms with Gasteiger partial charge in [0.1, 0.15) is 5.65 Å². The lowest BCUT2D eigenvalue weighted by Crippen LogP contribution is -2.25. The van der Waals surface area contributed by atoms with Crippen molar-refractivity contribution in [2.75, 3.05) is 0 Å². The van der Waals surface area contributed by atoms with Crippen LogP contribution in [0.3, 0.4) is 0 Å². The first-order chi connectivity index (χ1) is 14.8. The number of non-ortho nitro benzene ring substituents is 1. The number of carbonyl (C=O) groups is 2. The largest absolute Gasteiger partial charge is 0.332 e. The predicted octanol–water partition coefficient (Wildman–Crippen LogP) is 2.36. The number of carbonyl (C=O) groups excluding carboxylic acids is 2. The summed E-state index contributed by atoms with van der Waals surface area (Å²) in [5.41, 5.74) is 3.13. The third kappa shape index (κ3) is 4.86. The molecule has 1 aromatic carbocycles. The summed E-state index contributed by atoms with van der Waals surface area (Å²) < 4.78 is 1.69. The number of benzene rings is 1. The fourth-order valence-corrected chi connectivity index (χ4v) is 2.98. The molecule has 0 fully saturated rings. The summed E-state index contributed by atoms with van der Waals surface area (Å²) in [5.74, 6) is -1.35. The van der Waals surface area contributed by atoms with E-state index in [1.165, 1.54) is 30.6 Å². The minimum atomic E-state index is -0.712. The number of hydrazone groups is 1. The summed E-state index contributed by atoms with van der Waals surface area (Å²) in [6, 6.07) is 8.99. The Labute approximate surface area is 176 Å². The number of fused-ring (bicyclic) bond motifs is 1. The van der Waals surface area contributed by atoms with E-state index < -0.39 is 28.5 Å². The summed E-state index contributed by atoms with van der Waals surface area (Å²) in [4.78, 5) is 52.0. The number of nitro benzene ring substituents is 1. The van der Waals surface area contributed by atoms with Crippen molar-refractivity contribution in [2.45, 2.75) is 26.8 Å². The molecule has 0 aliphatic carbocycles. The molecule has 31 heavy (non-hydrogen) atoms. The van der Waals surface area contributed by atoms with Crippen molar-refractivity contribution in [3.05, 3.63) is 79.8 Å². The standard InChI is InChI=1S/C21H19N5O5/c1-3-25-12-17(20(29)16-8-7-13(2)23-21(16)25)18(27)10-19(28)24-22-11-14-5-4-6-15(9-14)26(30)31/h4-9,11-12H,3,10H2,1-2H3,(H,24,28)/b22-11+. The molecule has 3 rings (SSSR count). The van der Waals surface area contributed by atoms with Crippen LogP contribution in [-0.4, -0.2) is 32.4 Å². The van der Waals surface area contributed by atoms with Crippen LogP contribution in [0.1, 0.15) is 35.0 Å². The first kappa shape index (κ1) is 21.5. The van der Waals surface area contributed by atoms with E-state index in [0.29, 0.717) is 23.1 Å². The Kier molecular flexibility index (Phi) is 6.29. The average Bonchev–Trinajstić information content (AvgIpc) is 2.74. The minimum Gasteiger partial charge on any atom is -0.332 e. The summed E-state index contributed by atoms with van der Waals surface area (Å²) >= 11 is 0. The molecular weight excluding hydrogens is 402 g/mol. The van der Waals surface area contributed by atoms with E-state index in [4.69, 9.17) is 0 Å². The number of aromatic nitrogens is 2. The molecule has 0 saturated carbocycles. The van der Waals surface area contributed by atoms with E-state index in [1.54, 1.807) is 22.8 Å². The number of rotatable bonds is 7. The highest BCUT2D eigenvalue weighted by Crippen LogP contribution is 2.13. The van der Waals surface area contributed by atoms with Crippen LogP contribution in [0.25, 0.3) is 11.0 Å². The molecule has 2 aromatic heterocycles. The van der Waals surface area contributed by atoms with Gasteiger partial charge in [0.25, 0.3) is 5.69 Å². The maximum absolute atomic E-state index is 12.7. The number of nitro groups is 1. The molecule has 0 aliphatic heterocycles. The number of aryl methyl sites for hydroxylation is 2. The van der Waals surface area contributed by atoms with Crippen LogP contribution < -0.4 is 10.9 Å². The van der Waals surface area contributed by atoms with Gasteiger partial charge in [-0.2, -0.15) is 5.10 Å². The number of pyridine rings is 2. The van der Waals surface area contributed by atoms with Gasteiger partial charge in [-0.15, -0.1) is 0 Å². The predicted molar refractivity (Wildman–Crippen MR) is 114 cm³/mol. The lowest BCUT2D eigenvalue weighted by molar-refractivity contribution is -0.384.